The maximum Gasteiger partial charge on any atom is 0.245 e. The van der Waals surface area contributed by atoms with Gasteiger partial charge in [0, 0.05) is 12.1 Å². The molecule has 21 heavy (non-hydrogen) atoms. The van der Waals surface area contributed by atoms with Crippen molar-refractivity contribution in [3.05, 3.63) is 29.8 Å². The highest BCUT2D eigenvalue weighted by atomic mass is 16.5. The minimum absolute atomic E-state index is 0.307. The highest BCUT2D eigenvalue weighted by Crippen LogP contribution is 2.17. The number of carbonyl (C=O) groups excluding carboxylic acids is 2. The zero-order valence-electron chi connectivity index (χ0n) is 12.4. The molecule has 0 fully saturated rings. The van der Waals surface area contributed by atoms with Crippen LogP contribution in [0.4, 0.5) is 0 Å². The van der Waals surface area contributed by atoms with Crippen LogP contribution in [0.25, 0.3) is 0 Å². The molecule has 0 aliphatic carbocycles. The minimum Gasteiger partial charge on any atom is -0.494 e. The van der Waals surface area contributed by atoms with Gasteiger partial charge in [0.2, 0.25) is 5.91 Å². The normalized spacial score (nSPS) is 11.3. The molecule has 0 saturated heterocycles. The molecule has 1 unspecified atom stereocenters. The summed E-state index contributed by atoms with van der Waals surface area (Å²) < 4.78 is 5.45. The molecule has 0 bridgehead atoms. The minimum atomic E-state index is -1.32. The van der Waals surface area contributed by atoms with Gasteiger partial charge in [-0.15, -0.1) is 0 Å². The molecular weight excluding hydrogens is 268 g/mol. The van der Waals surface area contributed by atoms with Crippen molar-refractivity contribution >= 4 is 11.7 Å². The third-order valence-corrected chi connectivity index (χ3v) is 2.79. The van der Waals surface area contributed by atoms with Gasteiger partial charge in [-0.25, -0.2) is 0 Å². The summed E-state index contributed by atoms with van der Waals surface area (Å²) in [5.41, 5.74) is 0.307. The molecule has 1 aromatic carbocycles. The van der Waals surface area contributed by atoms with E-state index < -0.39 is 17.6 Å². The standard InChI is InChI=1S/C16H20N2O3/c1-3-8-18-16(20)14(11-17)15(19)12-6-5-7-13(10-12)21-9-4-2/h5-7,10,14H,3-4,8-9H2,1-2H3,(H,18,20). The number of nitrogens with one attached hydrogen (secondary N) is 1. The SMILES string of the molecule is CCCNC(=O)C(C#N)C(=O)c1cccc(OCCC)c1. The van der Waals surface area contributed by atoms with Gasteiger partial charge in [-0.3, -0.25) is 9.59 Å². The summed E-state index contributed by atoms with van der Waals surface area (Å²) in [5.74, 6) is -1.82. The lowest BCUT2D eigenvalue weighted by Gasteiger charge is -2.10. The van der Waals surface area contributed by atoms with Gasteiger partial charge >= 0.3 is 0 Å². The van der Waals surface area contributed by atoms with E-state index in [0.717, 1.165) is 12.8 Å². The molecule has 0 spiro atoms. The fourth-order valence-corrected chi connectivity index (χ4v) is 1.71. The number of hydrogen-bond donors (Lipinski definition) is 1. The first kappa shape index (κ1) is 16.7. The summed E-state index contributed by atoms with van der Waals surface area (Å²) in [6.07, 6.45) is 1.61. The van der Waals surface area contributed by atoms with Crippen LogP contribution in [0.1, 0.15) is 37.0 Å². The van der Waals surface area contributed by atoms with Crippen molar-refractivity contribution in [3.63, 3.8) is 0 Å². The first-order valence-electron chi connectivity index (χ1n) is 7.08. The maximum atomic E-state index is 12.3. The van der Waals surface area contributed by atoms with Crippen molar-refractivity contribution in [1.82, 2.24) is 5.32 Å². The van der Waals surface area contributed by atoms with Crippen LogP contribution >= 0.6 is 0 Å². The molecule has 1 rings (SSSR count). The van der Waals surface area contributed by atoms with E-state index in [1.54, 1.807) is 30.3 Å². The van der Waals surface area contributed by atoms with Crippen molar-refractivity contribution in [2.24, 2.45) is 5.92 Å². The highest BCUT2D eigenvalue weighted by Gasteiger charge is 2.27. The van der Waals surface area contributed by atoms with E-state index in [4.69, 9.17) is 10.00 Å². The quantitative estimate of drug-likeness (QED) is 0.588. The lowest BCUT2D eigenvalue weighted by Crippen LogP contribution is -2.35. The monoisotopic (exact) mass is 288 g/mol. The Labute approximate surface area is 124 Å². The molecule has 1 N–H and O–H groups in total. The van der Waals surface area contributed by atoms with Gasteiger partial charge in [-0.1, -0.05) is 26.0 Å². The summed E-state index contributed by atoms with van der Waals surface area (Å²) in [4.78, 5) is 24.1. The third-order valence-electron chi connectivity index (χ3n) is 2.79. The second-order valence-electron chi connectivity index (χ2n) is 4.59. The number of amides is 1. The molecule has 1 amide bonds. The lowest BCUT2D eigenvalue weighted by atomic mass is 9.98. The summed E-state index contributed by atoms with van der Waals surface area (Å²) in [5, 5.41) is 11.6. The van der Waals surface area contributed by atoms with Gasteiger partial charge in [-0.2, -0.15) is 5.26 Å². The summed E-state index contributed by atoms with van der Waals surface area (Å²) >= 11 is 0. The van der Waals surface area contributed by atoms with Crippen LogP contribution in [-0.2, 0) is 4.79 Å². The van der Waals surface area contributed by atoms with Crippen molar-refractivity contribution in [3.8, 4) is 11.8 Å². The number of nitriles is 1. The van der Waals surface area contributed by atoms with Crippen LogP contribution in [0.3, 0.4) is 0 Å². The first-order chi connectivity index (χ1) is 10.1. The third kappa shape index (κ3) is 4.92. The molecule has 0 heterocycles. The number of Topliss-reactive ketones (excluding diaryl/α,β-unsaturated/α-hetero) is 1. The Bertz CT molecular complexity index is 535. The predicted octanol–water partition coefficient (Wildman–Crippen LogP) is 2.32. The molecule has 0 saturated carbocycles. The molecule has 5 heteroatoms. The van der Waals surface area contributed by atoms with Crippen molar-refractivity contribution < 1.29 is 14.3 Å². The summed E-state index contributed by atoms with van der Waals surface area (Å²) in [7, 11) is 0. The molecule has 5 nitrogen and oxygen atoms in total. The van der Waals surface area contributed by atoms with E-state index >= 15 is 0 Å². The lowest BCUT2D eigenvalue weighted by molar-refractivity contribution is -0.122. The number of nitrogens with zero attached hydrogens (tertiary/aromatic N) is 1. The van der Waals surface area contributed by atoms with Crippen molar-refractivity contribution in [2.75, 3.05) is 13.2 Å². The van der Waals surface area contributed by atoms with Crippen molar-refractivity contribution in [2.45, 2.75) is 26.7 Å². The van der Waals surface area contributed by atoms with Crippen LogP contribution in [0, 0.1) is 17.2 Å². The van der Waals surface area contributed by atoms with Crippen molar-refractivity contribution in [1.29, 1.82) is 5.26 Å². The largest absolute Gasteiger partial charge is 0.494 e. The van der Waals surface area contributed by atoms with Gasteiger partial charge in [-0.05, 0) is 25.0 Å². The van der Waals surface area contributed by atoms with E-state index in [0.29, 0.717) is 24.5 Å². The Hall–Kier alpha value is -2.35. The second kappa shape index (κ2) is 8.75. The second-order valence-corrected chi connectivity index (χ2v) is 4.59. The Morgan fingerprint density at radius 2 is 2.10 bits per heavy atom. The van der Waals surface area contributed by atoms with Gasteiger partial charge in [0.25, 0.3) is 0 Å². The van der Waals surface area contributed by atoms with Gasteiger partial charge in [0.05, 0.1) is 12.7 Å². The van der Waals surface area contributed by atoms with Gasteiger partial charge in [0.15, 0.2) is 11.7 Å². The van der Waals surface area contributed by atoms with E-state index in [-0.39, 0.29) is 0 Å². The van der Waals surface area contributed by atoms with E-state index in [1.165, 1.54) is 0 Å². The molecule has 0 aromatic heterocycles. The Balaban J connectivity index is 2.85. The molecule has 1 aromatic rings. The molecular formula is C16H20N2O3. The van der Waals surface area contributed by atoms with E-state index in [9.17, 15) is 9.59 Å². The van der Waals surface area contributed by atoms with Crippen LogP contribution in [0.2, 0.25) is 0 Å². The molecule has 0 radical (unpaired) electrons. The number of benzene rings is 1. The summed E-state index contributed by atoms with van der Waals surface area (Å²) in [6.45, 7) is 4.89. The van der Waals surface area contributed by atoms with Crippen LogP contribution in [-0.4, -0.2) is 24.8 Å². The fourth-order valence-electron chi connectivity index (χ4n) is 1.71. The van der Waals surface area contributed by atoms with E-state index in [1.807, 2.05) is 13.8 Å². The number of carbonyl (C=O) groups is 2. The maximum absolute atomic E-state index is 12.3. The molecule has 1 atom stereocenters. The average Bonchev–Trinajstić information content (AvgIpc) is 2.51. The van der Waals surface area contributed by atoms with Crippen LogP contribution in [0.15, 0.2) is 24.3 Å². The molecule has 0 aliphatic rings. The Morgan fingerprint density at radius 3 is 2.71 bits per heavy atom. The Kier molecular flexibility index (Phi) is 6.96. The fraction of sp³-hybridized carbons (Fsp3) is 0.438. The van der Waals surface area contributed by atoms with Gasteiger partial charge < -0.3 is 10.1 Å². The zero-order chi connectivity index (χ0) is 15.7. The smallest absolute Gasteiger partial charge is 0.245 e. The Morgan fingerprint density at radius 1 is 1.33 bits per heavy atom. The molecule has 0 aliphatic heterocycles. The number of rotatable bonds is 8. The molecule has 112 valence electrons. The first-order valence-corrected chi connectivity index (χ1v) is 7.08. The topological polar surface area (TPSA) is 79.2 Å². The van der Waals surface area contributed by atoms with E-state index in [2.05, 4.69) is 5.32 Å². The highest BCUT2D eigenvalue weighted by molar-refractivity contribution is 6.12. The number of ether oxygens (including phenoxy) is 1. The predicted molar refractivity (Wildman–Crippen MR) is 79.0 cm³/mol. The van der Waals surface area contributed by atoms with Crippen LogP contribution in [0.5, 0.6) is 5.75 Å². The summed E-state index contributed by atoms with van der Waals surface area (Å²) in [6, 6.07) is 8.33. The zero-order valence-corrected chi connectivity index (χ0v) is 12.4. The van der Waals surface area contributed by atoms with Gasteiger partial charge in [0.1, 0.15) is 5.75 Å². The number of hydrogen-bond acceptors (Lipinski definition) is 4. The average molecular weight is 288 g/mol. The van der Waals surface area contributed by atoms with Crippen LogP contribution < -0.4 is 10.1 Å². The number of ketones is 1.